The van der Waals surface area contributed by atoms with E-state index in [2.05, 4.69) is 36.3 Å². The molecule has 180 valence electrons. The summed E-state index contributed by atoms with van der Waals surface area (Å²) in [6.07, 6.45) is 6.30. The fraction of sp³-hybridized carbons (Fsp3) is 0.167. The molecule has 0 spiro atoms. The van der Waals surface area contributed by atoms with Crippen molar-refractivity contribution in [1.82, 2.24) is 9.78 Å². The van der Waals surface area contributed by atoms with E-state index >= 15 is 0 Å². The molecule has 4 aromatic rings. The highest BCUT2D eigenvalue weighted by Gasteiger charge is 2.29. The Morgan fingerprint density at radius 1 is 0.889 bits per heavy atom. The molecule has 1 amide bonds. The average molecular weight is 493 g/mol. The van der Waals surface area contributed by atoms with Gasteiger partial charge in [-0.05, 0) is 61.6 Å². The highest BCUT2D eigenvalue weighted by atomic mass is 32.2. The molecule has 1 aromatic heterocycles. The van der Waals surface area contributed by atoms with Crippen LogP contribution in [0.3, 0.4) is 0 Å². The van der Waals surface area contributed by atoms with Gasteiger partial charge < -0.3 is 0 Å². The number of unbranched alkanes of at least 4 members (excludes halogenated alkanes) is 1. The Hall–Kier alpha value is -3.90. The number of aromatic nitrogens is 2. The Morgan fingerprint density at radius 2 is 1.56 bits per heavy atom. The van der Waals surface area contributed by atoms with Crippen molar-refractivity contribution in [1.29, 1.82) is 0 Å². The van der Waals surface area contributed by atoms with Crippen molar-refractivity contribution in [3.05, 3.63) is 102 Å². The third kappa shape index (κ3) is 5.04. The van der Waals surface area contributed by atoms with Crippen molar-refractivity contribution in [3.63, 3.8) is 0 Å². The summed E-state index contributed by atoms with van der Waals surface area (Å²) >= 11 is 1.88. The van der Waals surface area contributed by atoms with Crippen molar-refractivity contribution >= 4 is 35.1 Å². The van der Waals surface area contributed by atoms with Crippen molar-refractivity contribution in [2.45, 2.75) is 31.6 Å². The van der Waals surface area contributed by atoms with Crippen molar-refractivity contribution in [2.75, 3.05) is 10.8 Å². The molecule has 0 N–H and O–H groups in total. The number of carbonyl (C=O) groups is 1. The molecule has 36 heavy (non-hydrogen) atoms. The summed E-state index contributed by atoms with van der Waals surface area (Å²) in [6.45, 7) is 4.08. The van der Waals surface area contributed by atoms with Gasteiger partial charge in [-0.25, -0.2) is 4.68 Å². The van der Waals surface area contributed by atoms with Crippen LogP contribution in [0.5, 0.6) is 0 Å². The summed E-state index contributed by atoms with van der Waals surface area (Å²) in [6, 6.07) is 28.0. The van der Waals surface area contributed by atoms with Crippen LogP contribution >= 0.6 is 11.8 Å². The molecule has 0 fully saturated rings. The standard InChI is InChI=1S/C30H28N4OS/c1-3-4-19-36-27-17-15-23(16-18-27)29-24(21-33(32-29)25-11-7-5-8-12-25)20-28-22(2)31-34(30(28)35)26-13-9-6-10-14-26/h5-18,20-21H,3-4,19H2,1-2H3/b28-20-. The van der Waals surface area contributed by atoms with Gasteiger partial charge in [0, 0.05) is 22.2 Å². The Labute approximate surface area is 216 Å². The molecular formula is C30H28N4OS. The van der Waals surface area contributed by atoms with Crippen molar-refractivity contribution < 1.29 is 4.79 Å². The summed E-state index contributed by atoms with van der Waals surface area (Å²) < 4.78 is 1.87. The topological polar surface area (TPSA) is 50.5 Å². The number of rotatable bonds is 8. The zero-order chi connectivity index (χ0) is 24.9. The lowest BCUT2D eigenvalue weighted by molar-refractivity contribution is -0.114. The fourth-order valence-corrected chi connectivity index (χ4v) is 5.05. The molecular weight excluding hydrogens is 464 g/mol. The minimum absolute atomic E-state index is 0.139. The van der Waals surface area contributed by atoms with Gasteiger partial charge in [0.25, 0.3) is 5.91 Å². The molecule has 5 nitrogen and oxygen atoms in total. The number of hydrogen-bond acceptors (Lipinski definition) is 4. The van der Waals surface area contributed by atoms with Crippen molar-refractivity contribution in [3.8, 4) is 16.9 Å². The van der Waals surface area contributed by atoms with Crippen LogP contribution in [0.1, 0.15) is 32.3 Å². The molecule has 1 aliphatic rings. The van der Waals surface area contributed by atoms with Gasteiger partial charge in [-0.15, -0.1) is 11.8 Å². The van der Waals surface area contributed by atoms with E-state index in [-0.39, 0.29) is 5.91 Å². The molecule has 5 rings (SSSR count). The molecule has 0 saturated carbocycles. The van der Waals surface area contributed by atoms with E-state index in [4.69, 9.17) is 5.10 Å². The first kappa shape index (κ1) is 23.8. The van der Waals surface area contributed by atoms with Gasteiger partial charge in [0.1, 0.15) is 0 Å². The van der Waals surface area contributed by atoms with E-state index in [0.29, 0.717) is 11.3 Å². The third-order valence-electron chi connectivity index (χ3n) is 6.02. The SMILES string of the molecule is CCCCSc1ccc(-c2nn(-c3ccccc3)cc2/C=C2\C(=O)N(c3ccccc3)N=C2C)cc1. The molecule has 0 saturated heterocycles. The lowest BCUT2D eigenvalue weighted by atomic mass is 10.0. The lowest BCUT2D eigenvalue weighted by Gasteiger charge is -2.11. The zero-order valence-electron chi connectivity index (χ0n) is 20.5. The lowest BCUT2D eigenvalue weighted by Crippen LogP contribution is -2.21. The van der Waals surface area contributed by atoms with Crippen molar-refractivity contribution in [2.24, 2.45) is 5.10 Å². The first-order valence-corrected chi connectivity index (χ1v) is 13.2. The van der Waals surface area contributed by atoms with Crippen LogP contribution in [-0.4, -0.2) is 27.2 Å². The molecule has 0 unspecified atom stereocenters. The molecule has 0 radical (unpaired) electrons. The number of benzene rings is 3. The van der Waals surface area contributed by atoms with E-state index in [1.807, 2.05) is 96.3 Å². The monoisotopic (exact) mass is 492 g/mol. The van der Waals surface area contributed by atoms with E-state index < -0.39 is 0 Å². The fourth-order valence-electron chi connectivity index (χ4n) is 4.06. The minimum atomic E-state index is -0.139. The van der Waals surface area contributed by atoms with Crippen LogP contribution in [-0.2, 0) is 4.79 Å². The van der Waals surface area contributed by atoms with Crippen LogP contribution in [0.25, 0.3) is 23.0 Å². The number of carbonyl (C=O) groups excluding carboxylic acids is 1. The molecule has 3 aromatic carbocycles. The Balaban J connectivity index is 1.52. The smallest absolute Gasteiger partial charge is 0.267 e. The van der Waals surface area contributed by atoms with Gasteiger partial charge in [0.05, 0.1) is 28.4 Å². The number of anilines is 1. The molecule has 0 bridgehead atoms. The third-order valence-corrected chi connectivity index (χ3v) is 7.12. The Kier molecular flexibility index (Phi) is 7.14. The maximum Gasteiger partial charge on any atom is 0.280 e. The second-order valence-electron chi connectivity index (χ2n) is 8.64. The van der Waals surface area contributed by atoms with E-state index in [1.54, 1.807) is 0 Å². The quantitative estimate of drug-likeness (QED) is 0.148. The Bertz CT molecular complexity index is 1410. The van der Waals surface area contributed by atoms with Gasteiger partial charge in [0.2, 0.25) is 0 Å². The van der Waals surface area contributed by atoms with Crippen LogP contribution in [0.2, 0.25) is 0 Å². The zero-order valence-corrected chi connectivity index (χ0v) is 21.3. The van der Waals surface area contributed by atoms with Gasteiger partial charge in [-0.1, -0.05) is 61.9 Å². The second-order valence-corrected chi connectivity index (χ2v) is 9.80. The summed E-state index contributed by atoms with van der Waals surface area (Å²) in [5.41, 5.74) is 5.68. The molecule has 2 heterocycles. The first-order valence-electron chi connectivity index (χ1n) is 12.2. The maximum absolute atomic E-state index is 13.3. The second kappa shape index (κ2) is 10.8. The predicted molar refractivity (Wildman–Crippen MR) is 150 cm³/mol. The first-order chi connectivity index (χ1) is 17.6. The van der Waals surface area contributed by atoms with Gasteiger partial charge in [-0.3, -0.25) is 4.79 Å². The molecule has 0 aliphatic carbocycles. The molecule has 1 aliphatic heterocycles. The van der Waals surface area contributed by atoms with Gasteiger partial charge in [-0.2, -0.15) is 15.2 Å². The van der Waals surface area contributed by atoms with Crippen LogP contribution in [0, 0.1) is 0 Å². The highest BCUT2D eigenvalue weighted by molar-refractivity contribution is 7.99. The summed E-state index contributed by atoms with van der Waals surface area (Å²) in [7, 11) is 0. The predicted octanol–water partition coefficient (Wildman–Crippen LogP) is 7.24. The Morgan fingerprint density at radius 3 is 2.22 bits per heavy atom. The number of amides is 1. The number of hydrogen-bond donors (Lipinski definition) is 0. The summed E-state index contributed by atoms with van der Waals surface area (Å²) in [4.78, 5) is 14.6. The highest BCUT2D eigenvalue weighted by Crippen LogP contribution is 2.31. The van der Waals surface area contributed by atoms with Crippen LogP contribution < -0.4 is 5.01 Å². The maximum atomic E-state index is 13.3. The number of nitrogens with zero attached hydrogens (tertiary/aromatic N) is 4. The average Bonchev–Trinajstić information content (AvgIpc) is 3.47. The van der Waals surface area contributed by atoms with Gasteiger partial charge >= 0.3 is 0 Å². The normalized spacial score (nSPS) is 14.5. The van der Waals surface area contributed by atoms with E-state index in [0.717, 1.165) is 33.9 Å². The summed E-state index contributed by atoms with van der Waals surface area (Å²) in [5.74, 6) is 0.980. The molecule has 6 heteroatoms. The minimum Gasteiger partial charge on any atom is -0.267 e. The van der Waals surface area contributed by atoms with Gasteiger partial charge in [0.15, 0.2) is 0 Å². The van der Waals surface area contributed by atoms with Crippen LogP contribution in [0.15, 0.2) is 107 Å². The number of hydrazone groups is 1. The largest absolute Gasteiger partial charge is 0.280 e. The number of para-hydroxylation sites is 2. The number of thioether (sulfide) groups is 1. The van der Waals surface area contributed by atoms with E-state index in [9.17, 15) is 4.79 Å². The van der Waals surface area contributed by atoms with E-state index in [1.165, 1.54) is 22.7 Å². The van der Waals surface area contributed by atoms with Crippen LogP contribution in [0.4, 0.5) is 5.69 Å². The summed E-state index contributed by atoms with van der Waals surface area (Å²) in [5, 5.41) is 10.9. The molecule has 0 atom stereocenters.